The maximum atomic E-state index is 10.3. The zero-order valence-electron chi connectivity index (χ0n) is 16.1. The standard InChI is InChI=1S/C20H29ClN4O2/c1-15-19(12-22-11-18(26)14-24-7-9-27-10-8-24)16(2)25(23-15)13-17-5-3-4-6-20(17)21/h3-6,18,22,26H,7-14H2,1-2H3. The van der Waals surface area contributed by atoms with Crippen LogP contribution in [0.1, 0.15) is 22.5 Å². The summed E-state index contributed by atoms with van der Waals surface area (Å²) in [6.45, 7) is 9.99. The number of benzene rings is 1. The number of aliphatic hydroxyl groups is 1. The molecule has 1 atom stereocenters. The quantitative estimate of drug-likeness (QED) is 0.719. The first-order valence-electron chi connectivity index (χ1n) is 9.49. The van der Waals surface area contributed by atoms with Gasteiger partial charge in [0.25, 0.3) is 0 Å². The molecule has 1 aromatic carbocycles. The molecular formula is C20H29ClN4O2. The first-order valence-corrected chi connectivity index (χ1v) is 9.87. The molecule has 1 unspecified atom stereocenters. The summed E-state index contributed by atoms with van der Waals surface area (Å²) in [5.41, 5.74) is 4.38. The van der Waals surface area contributed by atoms with E-state index < -0.39 is 0 Å². The highest BCUT2D eigenvalue weighted by molar-refractivity contribution is 6.31. The molecule has 2 N–H and O–H groups in total. The molecule has 0 aliphatic carbocycles. The molecule has 0 radical (unpaired) electrons. The molecule has 0 spiro atoms. The van der Waals surface area contributed by atoms with Gasteiger partial charge in [-0.05, 0) is 25.5 Å². The summed E-state index contributed by atoms with van der Waals surface area (Å²) in [4.78, 5) is 2.24. The Morgan fingerprint density at radius 3 is 2.74 bits per heavy atom. The molecule has 2 heterocycles. The molecule has 2 aromatic rings. The summed E-state index contributed by atoms with van der Waals surface area (Å²) in [6, 6.07) is 7.86. The molecule has 3 rings (SSSR count). The molecule has 1 saturated heterocycles. The normalized spacial score (nSPS) is 16.6. The summed E-state index contributed by atoms with van der Waals surface area (Å²) in [7, 11) is 0. The van der Waals surface area contributed by atoms with E-state index >= 15 is 0 Å². The van der Waals surface area contributed by atoms with E-state index in [1.165, 1.54) is 5.56 Å². The van der Waals surface area contributed by atoms with Gasteiger partial charge >= 0.3 is 0 Å². The number of morpholine rings is 1. The molecule has 1 fully saturated rings. The number of hydrogen-bond donors (Lipinski definition) is 2. The minimum absolute atomic E-state index is 0.387. The van der Waals surface area contributed by atoms with E-state index in [1.807, 2.05) is 35.9 Å². The fourth-order valence-corrected chi connectivity index (χ4v) is 3.64. The third-order valence-corrected chi connectivity index (χ3v) is 5.43. The zero-order chi connectivity index (χ0) is 19.2. The molecule has 0 amide bonds. The largest absolute Gasteiger partial charge is 0.390 e. The van der Waals surface area contributed by atoms with Gasteiger partial charge in [0.15, 0.2) is 0 Å². The summed E-state index contributed by atoms with van der Waals surface area (Å²) < 4.78 is 7.34. The third-order valence-electron chi connectivity index (χ3n) is 5.06. The Kier molecular flexibility index (Phi) is 7.26. The lowest BCUT2D eigenvalue weighted by Crippen LogP contribution is -2.43. The lowest BCUT2D eigenvalue weighted by molar-refractivity contribution is 0.0149. The van der Waals surface area contributed by atoms with Crippen molar-refractivity contribution in [3.05, 3.63) is 51.8 Å². The van der Waals surface area contributed by atoms with Crippen LogP contribution in [0.5, 0.6) is 0 Å². The number of aryl methyl sites for hydroxylation is 1. The minimum Gasteiger partial charge on any atom is -0.390 e. The fourth-order valence-electron chi connectivity index (χ4n) is 3.44. The van der Waals surface area contributed by atoms with Crippen molar-refractivity contribution in [2.24, 2.45) is 0 Å². The number of hydrogen-bond acceptors (Lipinski definition) is 5. The Morgan fingerprint density at radius 1 is 1.26 bits per heavy atom. The van der Waals surface area contributed by atoms with Crippen LogP contribution in [0.25, 0.3) is 0 Å². The zero-order valence-corrected chi connectivity index (χ0v) is 16.9. The molecule has 1 aliphatic heterocycles. The predicted octanol–water partition coefficient (Wildman–Crippen LogP) is 1.98. The number of ether oxygens (including phenoxy) is 1. The van der Waals surface area contributed by atoms with Gasteiger partial charge in [-0.1, -0.05) is 29.8 Å². The SMILES string of the molecule is Cc1nn(Cc2ccccc2Cl)c(C)c1CNCC(O)CN1CCOCC1. The van der Waals surface area contributed by atoms with Crippen molar-refractivity contribution < 1.29 is 9.84 Å². The number of nitrogens with zero attached hydrogens (tertiary/aromatic N) is 3. The van der Waals surface area contributed by atoms with E-state index in [0.29, 0.717) is 26.2 Å². The van der Waals surface area contributed by atoms with E-state index in [1.54, 1.807) is 0 Å². The molecule has 6 nitrogen and oxygen atoms in total. The van der Waals surface area contributed by atoms with Crippen molar-refractivity contribution >= 4 is 11.6 Å². The number of aromatic nitrogens is 2. The Morgan fingerprint density at radius 2 is 2.00 bits per heavy atom. The number of rotatable bonds is 8. The maximum absolute atomic E-state index is 10.3. The summed E-state index contributed by atoms with van der Waals surface area (Å²) in [5.74, 6) is 0. The average molecular weight is 393 g/mol. The molecule has 0 saturated carbocycles. The lowest BCUT2D eigenvalue weighted by atomic mass is 10.2. The van der Waals surface area contributed by atoms with E-state index in [4.69, 9.17) is 16.3 Å². The molecule has 1 aliphatic rings. The van der Waals surface area contributed by atoms with Crippen LogP contribution in [0.4, 0.5) is 0 Å². The van der Waals surface area contributed by atoms with Gasteiger partial charge in [-0.15, -0.1) is 0 Å². The van der Waals surface area contributed by atoms with Crippen molar-refractivity contribution in [3.8, 4) is 0 Å². The second kappa shape index (κ2) is 9.66. The van der Waals surface area contributed by atoms with Gasteiger partial charge in [-0.25, -0.2) is 0 Å². The van der Waals surface area contributed by atoms with Crippen molar-refractivity contribution in [1.29, 1.82) is 0 Å². The number of aliphatic hydroxyl groups excluding tert-OH is 1. The average Bonchev–Trinajstić information content (AvgIpc) is 2.92. The van der Waals surface area contributed by atoms with Gasteiger partial charge < -0.3 is 15.2 Å². The highest BCUT2D eigenvalue weighted by Crippen LogP contribution is 2.19. The topological polar surface area (TPSA) is 62.5 Å². The van der Waals surface area contributed by atoms with Gasteiger partial charge in [0.2, 0.25) is 0 Å². The van der Waals surface area contributed by atoms with Crippen LogP contribution in [0.2, 0.25) is 5.02 Å². The van der Waals surface area contributed by atoms with Gasteiger partial charge in [-0.2, -0.15) is 5.10 Å². The Bertz CT molecular complexity index is 744. The summed E-state index contributed by atoms with van der Waals surface area (Å²) in [5, 5.41) is 19.1. The van der Waals surface area contributed by atoms with Gasteiger partial charge in [-0.3, -0.25) is 9.58 Å². The van der Waals surface area contributed by atoms with Crippen LogP contribution < -0.4 is 5.32 Å². The lowest BCUT2D eigenvalue weighted by Gasteiger charge is -2.28. The van der Waals surface area contributed by atoms with Gasteiger partial charge in [0.05, 0.1) is 31.6 Å². The smallest absolute Gasteiger partial charge is 0.0791 e. The van der Waals surface area contributed by atoms with E-state index in [2.05, 4.69) is 22.2 Å². The Labute approximate surface area is 166 Å². The van der Waals surface area contributed by atoms with Crippen LogP contribution in [0.15, 0.2) is 24.3 Å². The van der Waals surface area contributed by atoms with Crippen LogP contribution in [0.3, 0.4) is 0 Å². The highest BCUT2D eigenvalue weighted by atomic mass is 35.5. The summed E-state index contributed by atoms with van der Waals surface area (Å²) in [6.07, 6.45) is -0.387. The fraction of sp³-hybridized carbons (Fsp3) is 0.550. The van der Waals surface area contributed by atoms with Crippen LogP contribution in [-0.4, -0.2) is 65.3 Å². The van der Waals surface area contributed by atoms with E-state index in [9.17, 15) is 5.11 Å². The number of β-amino-alcohol motifs (C(OH)–C–C–N with tert-alkyl or cyclic N) is 1. The second-order valence-corrected chi connectivity index (χ2v) is 7.50. The monoisotopic (exact) mass is 392 g/mol. The van der Waals surface area contributed by atoms with Crippen LogP contribution in [-0.2, 0) is 17.8 Å². The van der Waals surface area contributed by atoms with Crippen LogP contribution in [0, 0.1) is 13.8 Å². The molecule has 1 aromatic heterocycles. The Balaban J connectivity index is 1.53. The van der Waals surface area contributed by atoms with E-state index in [0.717, 1.165) is 48.3 Å². The Hall–Kier alpha value is -1.44. The first-order chi connectivity index (χ1) is 13.0. The number of nitrogens with one attached hydrogen (secondary N) is 1. The minimum atomic E-state index is -0.387. The van der Waals surface area contributed by atoms with Crippen molar-refractivity contribution in [2.75, 3.05) is 39.4 Å². The van der Waals surface area contributed by atoms with E-state index in [-0.39, 0.29) is 6.10 Å². The molecule has 7 heteroatoms. The molecular weight excluding hydrogens is 364 g/mol. The van der Waals surface area contributed by atoms with Gasteiger partial charge in [0, 0.05) is 49.0 Å². The van der Waals surface area contributed by atoms with Crippen molar-refractivity contribution in [3.63, 3.8) is 0 Å². The summed E-state index contributed by atoms with van der Waals surface area (Å²) >= 11 is 6.28. The van der Waals surface area contributed by atoms with Crippen LogP contribution >= 0.6 is 11.6 Å². The molecule has 0 bridgehead atoms. The number of halogens is 1. The molecule has 27 heavy (non-hydrogen) atoms. The highest BCUT2D eigenvalue weighted by Gasteiger charge is 2.16. The maximum Gasteiger partial charge on any atom is 0.0791 e. The molecule has 148 valence electrons. The van der Waals surface area contributed by atoms with Crippen molar-refractivity contribution in [1.82, 2.24) is 20.0 Å². The van der Waals surface area contributed by atoms with Gasteiger partial charge in [0.1, 0.15) is 0 Å². The predicted molar refractivity (Wildman–Crippen MR) is 107 cm³/mol. The third kappa shape index (κ3) is 5.53. The first kappa shape index (κ1) is 20.3. The second-order valence-electron chi connectivity index (χ2n) is 7.10. The van der Waals surface area contributed by atoms with Crippen molar-refractivity contribution in [2.45, 2.75) is 33.0 Å².